The Labute approximate surface area is 102 Å². The van der Waals surface area contributed by atoms with Crippen molar-refractivity contribution < 1.29 is 25.5 Å². The van der Waals surface area contributed by atoms with E-state index in [9.17, 15) is 21.6 Å². The lowest BCUT2D eigenvalue weighted by Crippen LogP contribution is -2.33. The monoisotopic (exact) mass is 292 g/mol. The summed E-state index contributed by atoms with van der Waals surface area (Å²) < 4.78 is 62.7. The van der Waals surface area contributed by atoms with Gasteiger partial charge in [0.1, 0.15) is 0 Å². The lowest BCUT2D eigenvalue weighted by Gasteiger charge is -2.18. The van der Waals surface area contributed by atoms with Crippen LogP contribution >= 0.6 is 0 Å². The van der Waals surface area contributed by atoms with E-state index in [1.54, 1.807) is 0 Å². The third kappa shape index (κ3) is 6.42. The van der Waals surface area contributed by atoms with Gasteiger partial charge >= 0.3 is 15.6 Å². The Morgan fingerprint density at radius 2 is 1.82 bits per heavy atom. The fourth-order valence-corrected chi connectivity index (χ4v) is 6.12. The SMILES string of the molecule is CCCC[SiH](CC(C)C)OS(=O)(=O)C(F)(F)F. The molecular weight excluding hydrogens is 273 g/mol. The molecule has 0 fully saturated rings. The van der Waals surface area contributed by atoms with Crippen molar-refractivity contribution in [3.8, 4) is 0 Å². The summed E-state index contributed by atoms with van der Waals surface area (Å²) in [7, 11) is -7.75. The van der Waals surface area contributed by atoms with Gasteiger partial charge in [-0.3, -0.25) is 0 Å². The predicted octanol–water partition coefficient (Wildman–Crippen LogP) is 3.03. The van der Waals surface area contributed by atoms with Crippen molar-refractivity contribution in [2.45, 2.75) is 51.2 Å². The molecule has 0 amide bonds. The molecule has 0 aliphatic rings. The molecule has 0 aliphatic heterocycles. The Morgan fingerprint density at radius 1 is 1.29 bits per heavy atom. The zero-order valence-electron chi connectivity index (χ0n) is 10.3. The van der Waals surface area contributed by atoms with Crippen LogP contribution in [0.4, 0.5) is 13.2 Å². The number of hydrogen-bond donors (Lipinski definition) is 0. The summed E-state index contributed by atoms with van der Waals surface area (Å²) in [6.07, 6.45) is 1.52. The van der Waals surface area contributed by atoms with Crippen LogP contribution in [0.3, 0.4) is 0 Å². The standard InChI is InChI=1S/C9H19F3O3SSi/c1-4-5-6-17(7-8(2)3)15-16(13,14)9(10,11)12/h8,17H,4-7H2,1-3H3. The average molecular weight is 292 g/mol. The summed E-state index contributed by atoms with van der Waals surface area (Å²) in [5.74, 6) is 0.145. The lowest BCUT2D eigenvalue weighted by molar-refractivity contribution is -0.0502. The van der Waals surface area contributed by atoms with Gasteiger partial charge in [-0.1, -0.05) is 33.6 Å². The van der Waals surface area contributed by atoms with E-state index in [-0.39, 0.29) is 5.92 Å². The molecule has 0 rings (SSSR count). The number of halogens is 3. The smallest absolute Gasteiger partial charge is 0.312 e. The second-order valence-electron chi connectivity index (χ2n) is 4.39. The fourth-order valence-electron chi connectivity index (χ4n) is 1.40. The molecule has 3 nitrogen and oxygen atoms in total. The lowest BCUT2D eigenvalue weighted by atomic mass is 10.3. The quantitative estimate of drug-likeness (QED) is 0.535. The first-order valence-corrected chi connectivity index (χ1v) is 9.11. The number of rotatable bonds is 7. The van der Waals surface area contributed by atoms with Crippen molar-refractivity contribution in [2.75, 3.05) is 0 Å². The van der Waals surface area contributed by atoms with Gasteiger partial charge in [0.25, 0.3) is 0 Å². The van der Waals surface area contributed by atoms with Gasteiger partial charge in [-0.25, -0.2) is 0 Å². The molecule has 17 heavy (non-hydrogen) atoms. The molecule has 0 heterocycles. The summed E-state index contributed by atoms with van der Waals surface area (Å²) in [6.45, 7) is 5.59. The molecule has 0 aromatic heterocycles. The van der Waals surface area contributed by atoms with Gasteiger partial charge in [0.2, 0.25) is 9.04 Å². The molecule has 0 aliphatic carbocycles. The molecule has 0 aromatic carbocycles. The van der Waals surface area contributed by atoms with Gasteiger partial charge in [0.15, 0.2) is 0 Å². The Bertz CT molecular complexity index is 314. The average Bonchev–Trinajstić information content (AvgIpc) is 2.10. The highest BCUT2D eigenvalue weighted by Crippen LogP contribution is 2.27. The Balaban J connectivity index is 4.63. The van der Waals surface area contributed by atoms with E-state index in [0.717, 1.165) is 6.42 Å². The van der Waals surface area contributed by atoms with Crippen molar-refractivity contribution in [2.24, 2.45) is 5.92 Å². The maximum Gasteiger partial charge on any atom is 0.522 e. The van der Waals surface area contributed by atoms with Gasteiger partial charge in [-0.05, 0) is 18.0 Å². The van der Waals surface area contributed by atoms with E-state index in [2.05, 4.69) is 3.87 Å². The molecule has 0 N–H and O–H groups in total. The zero-order valence-corrected chi connectivity index (χ0v) is 12.2. The van der Waals surface area contributed by atoms with Gasteiger partial charge in [-0.2, -0.15) is 21.6 Å². The minimum atomic E-state index is -5.41. The first-order valence-electron chi connectivity index (χ1n) is 5.59. The first kappa shape index (κ1) is 16.9. The van der Waals surface area contributed by atoms with Gasteiger partial charge in [-0.15, -0.1) is 0 Å². The molecule has 8 heteroatoms. The summed E-state index contributed by atoms with van der Waals surface area (Å²) in [6, 6.07) is 0.902. The molecule has 0 bridgehead atoms. The molecule has 104 valence electrons. The number of hydrogen-bond acceptors (Lipinski definition) is 3. The van der Waals surface area contributed by atoms with Gasteiger partial charge in [0, 0.05) is 0 Å². The highest BCUT2D eigenvalue weighted by molar-refractivity contribution is 7.88. The first-order chi connectivity index (χ1) is 7.60. The van der Waals surface area contributed by atoms with E-state index in [1.807, 2.05) is 20.8 Å². The van der Waals surface area contributed by atoms with Crippen molar-refractivity contribution in [1.82, 2.24) is 0 Å². The maximum atomic E-state index is 12.2. The molecule has 0 radical (unpaired) electrons. The maximum absolute atomic E-state index is 12.2. The van der Waals surface area contributed by atoms with Crippen molar-refractivity contribution in [3.63, 3.8) is 0 Å². The van der Waals surface area contributed by atoms with Crippen LogP contribution in [0.15, 0.2) is 0 Å². The number of alkyl halides is 3. The van der Waals surface area contributed by atoms with E-state index in [4.69, 9.17) is 0 Å². The molecular formula is C9H19F3O3SSi. The molecule has 0 spiro atoms. The molecule has 1 unspecified atom stereocenters. The topological polar surface area (TPSA) is 43.4 Å². The second kappa shape index (κ2) is 6.74. The minimum absolute atomic E-state index is 0.145. The fraction of sp³-hybridized carbons (Fsp3) is 1.00. The highest BCUT2D eigenvalue weighted by Gasteiger charge is 2.48. The van der Waals surface area contributed by atoms with Crippen molar-refractivity contribution >= 4 is 19.2 Å². The molecule has 0 saturated carbocycles. The van der Waals surface area contributed by atoms with Crippen molar-refractivity contribution in [1.29, 1.82) is 0 Å². The van der Waals surface area contributed by atoms with Crippen LogP contribution in [0.25, 0.3) is 0 Å². The Kier molecular flexibility index (Phi) is 6.71. The van der Waals surface area contributed by atoms with Gasteiger partial charge < -0.3 is 3.87 Å². The number of unbranched alkanes of at least 4 members (excludes halogenated alkanes) is 1. The predicted molar refractivity (Wildman–Crippen MR) is 62.6 cm³/mol. The Morgan fingerprint density at radius 3 is 2.18 bits per heavy atom. The van der Waals surface area contributed by atoms with Crippen LogP contribution in [0.1, 0.15) is 33.6 Å². The molecule has 0 saturated heterocycles. The van der Waals surface area contributed by atoms with Crippen LogP contribution < -0.4 is 0 Å². The normalized spacial score (nSPS) is 15.2. The van der Waals surface area contributed by atoms with Crippen molar-refractivity contribution in [3.05, 3.63) is 0 Å². The second-order valence-corrected chi connectivity index (χ2v) is 8.82. The van der Waals surface area contributed by atoms with Crippen LogP contribution in [0, 0.1) is 5.92 Å². The van der Waals surface area contributed by atoms with Gasteiger partial charge in [0.05, 0.1) is 0 Å². The van der Waals surface area contributed by atoms with Crippen LogP contribution in [0.5, 0.6) is 0 Å². The van der Waals surface area contributed by atoms with E-state index >= 15 is 0 Å². The van der Waals surface area contributed by atoms with E-state index in [1.165, 1.54) is 0 Å². The van der Waals surface area contributed by atoms with Crippen LogP contribution in [-0.4, -0.2) is 23.0 Å². The minimum Gasteiger partial charge on any atom is -0.312 e. The van der Waals surface area contributed by atoms with E-state index < -0.39 is 24.7 Å². The third-order valence-corrected chi connectivity index (χ3v) is 7.35. The summed E-state index contributed by atoms with van der Waals surface area (Å²) in [5.41, 5.74) is -5.30. The Hall–Kier alpha value is -0.0831. The summed E-state index contributed by atoms with van der Waals surface area (Å²) in [4.78, 5) is 0. The van der Waals surface area contributed by atoms with E-state index in [0.29, 0.717) is 18.5 Å². The summed E-state index contributed by atoms with van der Waals surface area (Å²) >= 11 is 0. The zero-order chi connectivity index (χ0) is 13.7. The largest absolute Gasteiger partial charge is 0.522 e. The molecule has 0 aromatic rings. The third-order valence-electron chi connectivity index (χ3n) is 2.16. The summed E-state index contributed by atoms with van der Waals surface area (Å²) in [5, 5.41) is 0. The highest BCUT2D eigenvalue weighted by atomic mass is 32.2. The van der Waals surface area contributed by atoms with Crippen LogP contribution in [-0.2, 0) is 14.0 Å². The molecule has 1 atom stereocenters. The van der Waals surface area contributed by atoms with Crippen LogP contribution in [0.2, 0.25) is 12.1 Å².